The van der Waals surface area contributed by atoms with E-state index in [1.54, 1.807) is 0 Å². The molecule has 0 aliphatic heterocycles. The maximum Gasteiger partial charge on any atom is 0.303 e. The van der Waals surface area contributed by atoms with Crippen LogP contribution in [0.2, 0.25) is 0 Å². The van der Waals surface area contributed by atoms with Crippen molar-refractivity contribution in [1.29, 1.82) is 0 Å². The van der Waals surface area contributed by atoms with Crippen LogP contribution in [0.25, 0.3) is 0 Å². The van der Waals surface area contributed by atoms with Gasteiger partial charge in [0.15, 0.2) is 0 Å². The lowest BCUT2D eigenvalue weighted by Crippen LogP contribution is -1.92. The van der Waals surface area contributed by atoms with Crippen LogP contribution in [0.3, 0.4) is 0 Å². The van der Waals surface area contributed by atoms with E-state index in [0.29, 0.717) is 12.8 Å². The highest BCUT2D eigenvalue weighted by Gasteiger charge is 1.93. The van der Waals surface area contributed by atoms with Crippen molar-refractivity contribution in [2.24, 2.45) is 0 Å². The molecule has 0 aromatic carbocycles. The molecule has 0 aliphatic rings. The SMILES string of the molecule is [C]#CCCCCC(=O)O. The third kappa shape index (κ3) is 7.03. The van der Waals surface area contributed by atoms with Crippen LogP contribution in [0.4, 0.5) is 0 Å². The molecule has 0 spiro atoms. The zero-order valence-corrected chi connectivity index (χ0v) is 5.18. The number of carboxylic acids is 1. The fourth-order valence-corrected chi connectivity index (χ4v) is 0.490. The summed E-state index contributed by atoms with van der Waals surface area (Å²) in [7, 11) is 0. The van der Waals surface area contributed by atoms with Crippen LogP contribution in [-0.2, 0) is 4.79 Å². The molecule has 0 amide bonds. The van der Waals surface area contributed by atoms with Crippen LogP contribution < -0.4 is 0 Å². The molecular formula is C7H9O2. The second-order valence-corrected chi connectivity index (χ2v) is 1.78. The molecule has 0 atom stereocenters. The summed E-state index contributed by atoms with van der Waals surface area (Å²) >= 11 is 0. The Labute approximate surface area is 54.9 Å². The molecular weight excluding hydrogens is 116 g/mol. The maximum atomic E-state index is 9.90. The van der Waals surface area contributed by atoms with Crippen LogP contribution in [0, 0.1) is 12.3 Å². The van der Waals surface area contributed by atoms with Gasteiger partial charge in [-0.05, 0) is 19.3 Å². The van der Waals surface area contributed by atoms with E-state index < -0.39 is 5.97 Å². The number of rotatable bonds is 4. The maximum absolute atomic E-state index is 9.90. The van der Waals surface area contributed by atoms with Gasteiger partial charge in [-0.1, -0.05) is 5.92 Å². The standard InChI is InChI=1S/C7H9O2/c1-2-3-4-5-6-7(8)9/h3-6H2,(H,8,9). The van der Waals surface area contributed by atoms with E-state index in [1.165, 1.54) is 0 Å². The highest BCUT2D eigenvalue weighted by Crippen LogP contribution is 1.97. The van der Waals surface area contributed by atoms with Gasteiger partial charge in [-0.15, -0.1) is 0 Å². The van der Waals surface area contributed by atoms with Gasteiger partial charge in [-0.3, -0.25) is 4.79 Å². The Morgan fingerprint density at radius 3 is 2.67 bits per heavy atom. The average Bonchev–Trinajstić information content (AvgIpc) is 1.80. The van der Waals surface area contributed by atoms with Crippen molar-refractivity contribution in [3.05, 3.63) is 6.42 Å². The largest absolute Gasteiger partial charge is 0.481 e. The first kappa shape index (κ1) is 8.03. The molecule has 0 unspecified atom stereocenters. The molecule has 0 aromatic heterocycles. The summed E-state index contributed by atoms with van der Waals surface area (Å²) in [5, 5.41) is 8.15. The van der Waals surface area contributed by atoms with Gasteiger partial charge >= 0.3 is 5.97 Å². The van der Waals surface area contributed by atoms with Gasteiger partial charge in [0.2, 0.25) is 0 Å². The first-order chi connectivity index (χ1) is 4.27. The lowest BCUT2D eigenvalue weighted by molar-refractivity contribution is -0.137. The Morgan fingerprint density at radius 1 is 1.56 bits per heavy atom. The van der Waals surface area contributed by atoms with Crippen molar-refractivity contribution in [2.75, 3.05) is 0 Å². The summed E-state index contributed by atoms with van der Waals surface area (Å²) < 4.78 is 0. The molecule has 0 saturated heterocycles. The van der Waals surface area contributed by atoms with Crippen molar-refractivity contribution in [3.8, 4) is 5.92 Å². The monoisotopic (exact) mass is 125 g/mol. The predicted molar refractivity (Wildman–Crippen MR) is 33.2 cm³/mol. The van der Waals surface area contributed by atoms with Crippen LogP contribution in [0.5, 0.6) is 0 Å². The molecule has 0 heterocycles. The summed E-state index contributed by atoms with van der Waals surface area (Å²) in [6.07, 6.45) is 8.69. The number of unbranched alkanes of at least 4 members (excludes halogenated alkanes) is 2. The first-order valence-corrected chi connectivity index (χ1v) is 2.88. The Kier molecular flexibility index (Phi) is 4.61. The Balaban J connectivity index is 2.94. The van der Waals surface area contributed by atoms with Gasteiger partial charge < -0.3 is 5.11 Å². The molecule has 1 N–H and O–H groups in total. The van der Waals surface area contributed by atoms with Crippen molar-refractivity contribution in [3.63, 3.8) is 0 Å². The zero-order valence-electron chi connectivity index (χ0n) is 5.18. The third-order valence-electron chi connectivity index (χ3n) is 0.942. The average molecular weight is 125 g/mol. The minimum Gasteiger partial charge on any atom is -0.481 e. The van der Waals surface area contributed by atoms with E-state index in [-0.39, 0.29) is 6.42 Å². The number of carbonyl (C=O) groups is 1. The van der Waals surface area contributed by atoms with Gasteiger partial charge in [0.1, 0.15) is 0 Å². The van der Waals surface area contributed by atoms with E-state index in [0.717, 1.165) is 6.42 Å². The molecule has 0 aromatic rings. The topological polar surface area (TPSA) is 37.3 Å². The summed E-state index contributed by atoms with van der Waals surface area (Å²) in [5.74, 6) is 1.43. The van der Waals surface area contributed by atoms with Crippen LogP contribution in [0.1, 0.15) is 25.7 Å². The lowest BCUT2D eigenvalue weighted by Gasteiger charge is -1.89. The van der Waals surface area contributed by atoms with Gasteiger partial charge in [0.05, 0.1) is 0 Å². The van der Waals surface area contributed by atoms with E-state index in [1.807, 2.05) is 0 Å². The van der Waals surface area contributed by atoms with Crippen LogP contribution in [0.15, 0.2) is 0 Å². The van der Waals surface area contributed by atoms with Crippen molar-refractivity contribution in [1.82, 2.24) is 0 Å². The highest BCUT2D eigenvalue weighted by atomic mass is 16.4. The first-order valence-electron chi connectivity index (χ1n) is 2.88. The van der Waals surface area contributed by atoms with Crippen LogP contribution >= 0.6 is 0 Å². The second-order valence-electron chi connectivity index (χ2n) is 1.78. The quantitative estimate of drug-likeness (QED) is 0.453. The summed E-state index contributed by atoms with van der Waals surface area (Å²) in [4.78, 5) is 9.90. The van der Waals surface area contributed by atoms with E-state index >= 15 is 0 Å². The molecule has 0 fully saturated rings. The number of aliphatic carboxylic acids is 1. The lowest BCUT2D eigenvalue weighted by atomic mass is 10.2. The minimum absolute atomic E-state index is 0.210. The van der Waals surface area contributed by atoms with E-state index in [4.69, 9.17) is 11.5 Å². The third-order valence-corrected chi connectivity index (χ3v) is 0.942. The summed E-state index contributed by atoms with van der Waals surface area (Å²) in [6, 6.07) is 0. The Bertz CT molecular complexity index is 121. The molecule has 0 bridgehead atoms. The van der Waals surface area contributed by atoms with Gasteiger partial charge in [0.25, 0.3) is 0 Å². The molecule has 2 nitrogen and oxygen atoms in total. The fraction of sp³-hybridized carbons (Fsp3) is 0.571. The number of hydrogen-bond donors (Lipinski definition) is 1. The molecule has 0 rings (SSSR count). The molecule has 49 valence electrons. The molecule has 9 heavy (non-hydrogen) atoms. The van der Waals surface area contributed by atoms with Crippen molar-refractivity contribution >= 4 is 5.97 Å². The normalized spacial score (nSPS) is 8.33. The smallest absolute Gasteiger partial charge is 0.303 e. The zero-order chi connectivity index (χ0) is 7.11. The molecule has 2 heteroatoms. The highest BCUT2D eigenvalue weighted by molar-refractivity contribution is 5.66. The van der Waals surface area contributed by atoms with Gasteiger partial charge in [-0.2, -0.15) is 0 Å². The number of hydrogen-bond acceptors (Lipinski definition) is 1. The Morgan fingerprint density at radius 2 is 2.22 bits per heavy atom. The second kappa shape index (κ2) is 5.17. The minimum atomic E-state index is -0.764. The number of carboxylic acid groups (broad SMARTS) is 1. The predicted octanol–water partition coefficient (Wildman–Crippen LogP) is 1.22. The van der Waals surface area contributed by atoms with Gasteiger partial charge in [0, 0.05) is 12.8 Å². The molecule has 0 saturated carbocycles. The fourth-order valence-electron chi connectivity index (χ4n) is 0.490. The molecule has 1 radical (unpaired) electrons. The molecule has 0 aliphatic carbocycles. The van der Waals surface area contributed by atoms with E-state index in [9.17, 15) is 4.79 Å². The van der Waals surface area contributed by atoms with Crippen molar-refractivity contribution in [2.45, 2.75) is 25.7 Å². The van der Waals surface area contributed by atoms with Crippen LogP contribution in [-0.4, -0.2) is 11.1 Å². The summed E-state index contributed by atoms with van der Waals surface area (Å²) in [5.41, 5.74) is 0. The van der Waals surface area contributed by atoms with Crippen molar-refractivity contribution < 1.29 is 9.90 Å². The Hall–Kier alpha value is -0.970. The van der Waals surface area contributed by atoms with E-state index in [2.05, 4.69) is 5.92 Å². The van der Waals surface area contributed by atoms with Gasteiger partial charge in [-0.25, -0.2) is 0 Å². The summed E-state index contributed by atoms with van der Waals surface area (Å²) in [6.45, 7) is 0.